The van der Waals surface area contributed by atoms with Crippen molar-refractivity contribution in [3.05, 3.63) is 17.5 Å². The highest BCUT2D eigenvalue weighted by molar-refractivity contribution is 5.98. The summed E-state index contributed by atoms with van der Waals surface area (Å²) >= 11 is 0. The summed E-state index contributed by atoms with van der Waals surface area (Å²) in [5.41, 5.74) is 6.44. The van der Waals surface area contributed by atoms with Crippen LogP contribution in [0.2, 0.25) is 0 Å². The van der Waals surface area contributed by atoms with E-state index in [2.05, 4.69) is 9.97 Å². The molecule has 0 bridgehead atoms. The Balaban J connectivity index is 2.53. The second kappa shape index (κ2) is 2.53. The third-order valence-electron chi connectivity index (χ3n) is 1.66. The summed E-state index contributed by atoms with van der Waals surface area (Å²) in [4.78, 5) is 18.8. The fourth-order valence-corrected chi connectivity index (χ4v) is 1.09. The predicted octanol–water partition coefficient (Wildman–Crippen LogP) is -0.228. The minimum Gasteiger partial charge on any atom is -0.368 e. The van der Waals surface area contributed by atoms with Crippen LogP contribution in [0.4, 0.5) is 5.95 Å². The fraction of sp³-hybridized carbons (Fsp3) is 0.286. The van der Waals surface area contributed by atoms with Gasteiger partial charge in [-0.1, -0.05) is 0 Å². The van der Waals surface area contributed by atoms with Crippen LogP contribution in [0, 0.1) is 0 Å². The Morgan fingerprint density at radius 3 is 3.17 bits per heavy atom. The molecule has 2 rings (SSSR count). The molecule has 0 aliphatic carbocycles. The van der Waals surface area contributed by atoms with Crippen LogP contribution in [0.5, 0.6) is 0 Å². The molecule has 2 N–H and O–H groups in total. The molecule has 12 heavy (non-hydrogen) atoms. The van der Waals surface area contributed by atoms with Crippen molar-refractivity contribution < 1.29 is 9.53 Å². The monoisotopic (exact) mass is 165 g/mol. The summed E-state index contributed by atoms with van der Waals surface area (Å²) in [6.07, 6.45) is 1.45. The topological polar surface area (TPSA) is 78.1 Å². The van der Waals surface area contributed by atoms with Crippen molar-refractivity contribution in [1.29, 1.82) is 0 Å². The number of fused-ring (bicyclic) bond motifs is 1. The summed E-state index contributed by atoms with van der Waals surface area (Å²) in [5, 5.41) is 0. The van der Waals surface area contributed by atoms with Crippen molar-refractivity contribution in [3.8, 4) is 0 Å². The number of hydrogen-bond donors (Lipinski definition) is 1. The van der Waals surface area contributed by atoms with Crippen LogP contribution in [0.1, 0.15) is 16.1 Å². The zero-order chi connectivity index (χ0) is 8.55. The van der Waals surface area contributed by atoms with E-state index in [4.69, 9.17) is 10.5 Å². The molecule has 0 saturated carbocycles. The third-order valence-corrected chi connectivity index (χ3v) is 1.66. The maximum atomic E-state index is 11.2. The van der Waals surface area contributed by atoms with E-state index in [1.54, 1.807) is 0 Å². The Morgan fingerprint density at radius 1 is 1.50 bits per heavy atom. The number of carbonyl (C=O) groups is 1. The highest BCUT2D eigenvalue weighted by Crippen LogP contribution is 2.13. The number of ether oxygens (including phenoxy) is 1. The summed E-state index contributed by atoms with van der Waals surface area (Å²) < 4.78 is 4.97. The quantitative estimate of drug-likeness (QED) is 0.574. The molecule has 1 aromatic rings. The van der Waals surface area contributed by atoms with Crippen LogP contribution < -0.4 is 5.73 Å². The first kappa shape index (κ1) is 7.17. The van der Waals surface area contributed by atoms with Gasteiger partial charge >= 0.3 is 0 Å². The molecule has 1 aliphatic rings. The average Bonchev–Trinajstić information content (AvgIpc) is 2.04. The van der Waals surface area contributed by atoms with E-state index in [0.29, 0.717) is 17.9 Å². The lowest BCUT2D eigenvalue weighted by atomic mass is 10.1. The van der Waals surface area contributed by atoms with Gasteiger partial charge in [-0.2, -0.15) is 0 Å². The van der Waals surface area contributed by atoms with Crippen molar-refractivity contribution >= 4 is 11.7 Å². The van der Waals surface area contributed by atoms with Gasteiger partial charge < -0.3 is 10.5 Å². The maximum absolute atomic E-state index is 11.2. The van der Waals surface area contributed by atoms with Gasteiger partial charge in [-0.05, 0) is 0 Å². The first-order valence-corrected chi connectivity index (χ1v) is 3.49. The van der Waals surface area contributed by atoms with Crippen LogP contribution >= 0.6 is 0 Å². The molecule has 2 heterocycles. The molecular formula is C7H7N3O2. The molecule has 1 aliphatic heterocycles. The molecule has 0 amide bonds. The molecule has 0 radical (unpaired) electrons. The largest absolute Gasteiger partial charge is 0.368 e. The Kier molecular flexibility index (Phi) is 1.51. The van der Waals surface area contributed by atoms with Crippen molar-refractivity contribution in [3.63, 3.8) is 0 Å². The molecular weight excluding hydrogens is 158 g/mol. The summed E-state index contributed by atoms with van der Waals surface area (Å²) in [5.74, 6) is 0.0864. The number of aromatic nitrogens is 2. The van der Waals surface area contributed by atoms with Crippen molar-refractivity contribution in [2.75, 3.05) is 12.3 Å². The first-order chi connectivity index (χ1) is 5.77. The van der Waals surface area contributed by atoms with Gasteiger partial charge in [0.05, 0.1) is 17.9 Å². The van der Waals surface area contributed by atoms with E-state index in [1.807, 2.05) is 0 Å². The molecule has 1 aromatic heterocycles. The Morgan fingerprint density at radius 2 is 2.33 bits per heavy atom. The summed E-state index contributed by atoms with van der Waals surface area (Å²) in [6, 6.07) is 0. The van der Waals surface area contributed by atoms with Crippen molar-refractivity contribution in [2.24, 2.45) is 0 Å². The molecule has 0 atom stereocenters. The van der Waals surface area contributed by atoms with Crippen LogP contribution in [0.15, 0.2) is 6.20 Å². The van der Waals surface area contributed by atoms with E-state index in [-0.39, 0.29) is 18.3 Å². The first-order valence-electron chi connectivity index (χ1n) is 3.49. The van der Waals surface area contributed by atoms with Gasteiger partial charge in [-0.3, -0.25) is 4.79 Å². The number of nitrogens with zero attached hydrogens (tertiary/aromatic N) is 2. The standard InChI is InChI=1S/C7H7N3O2/c8-7-9-1-4-5(10-7)2-12-3-6(4)11/h1H,2-3H2,(H2,8,9,10). The molecule has 0 unspecified atom stereocenters. The number of anilines is 1. The lowest BCUT2D eigenvalue weighted by Gasteiger charge is -2.13. The summed E-state index contributed by atoms with van der Waals surface area (Å²) in [6.45, 7) is 0.452. The number of carbonyl (C=O) groups excluding carboxylic acids is 1. The van der Waals surface area contributed by atoms with Gasteiger partial charge in [0.1, 0.15) is 6.61 Å². The van der Waals surface area contributed by atoms with Crippen LogP contribution in [0.25, 0.3) is 0 Å². The number of rotatable bonds is 0. The molecule has 0 spiro atoms. The molecule has 0 aromatic carbocycles. The number of ketones is 1. The zero-order valence-corrected chi connectivity index (χ0v) is 6.28. The SMILES string of the molecule is Nc1ncc2c(n1)COCC2=O. The van der Waals surface area contributed by atoms with Crippen LogP contribution in [0.3, 0.4) is 0 Å². The van der Waals surface area contributed by atoms with E-state index in [0.717, 1.165) is 0 Å². The van der Waals surface area contributed by atoms with Gasteiger partial charge in [-0.15, -0.1) is 0 Å². The third kappa shape index (κ3) is 1.04. The number of Topliss-reactive ketones (excluding diaryl/α,β-unsaturated/α-hetero) is 1. The van der Waals surface area contributed by atoms with E-state index in [9.17, 15) is 4.79 Å². The number of nitrogens with two attached hydrogens (primary N) is 1. The van der Waals surface area contributed by atoms with Crippen LogP contribution in [-0.2, 0) is 11.3 Å². The molecule has 5 heteroatoms. The second-order valence-corrected chi connectivity index (χ2v) is 2.50. The smallest absolute Gasteiger partial charge is 0.220 e. The molecule has 5 nitrogen and oxygen atoms in total. The minimum atomic E-state index is -0.0868. The van der Waals surface area contributed by atoms with Gasteiger partial charge in [0.25, 0.3) is 0 Å². The maximum Gasteiger partial charge on any atom is 0.220 e. The number of nitrogen functional groups attached to an aromatic ring is 1. The normalized spacial score (nSPS) is 15.8. The van der Waals surface area contributed by atoms with E-state index >= 15 is 0 Å². The minimum absolute atomic E-state index is 0.0868. The lowest BCUT2D eigenvalue weighted by Crippen LogP contribution is -2.20. The molecule has 62 valence electrons. The Bertz CT molecular complexity index is 337. The predicted molar refractivity (Wildman–Crippen MR) is 40.4 cm³/mol. The highest BCUT2D eigenvalue weighted by Gasteiger charge is 2.18. The van der Waals surface area contributed by atoms with Gasteiger partial charge in [-0.25, -0.2) is 9.97 Å². The zero-order valence-electron chi connectivity index (χ0n) is 6.28. The average molecular weight is 165 g/mol. The van der Waals surface area contributed by atoms with Gasteiger partial charge in [0, 0.05) is 6.20 Å². The van der Waals surface area contributed by atoms with E-state index < -0.39 is 0 Å². The highest BCUT2D eigenvalue weighted by atomic mass is 16.5. The Hall–Kier alpha value is -1.49. The lowest BCUT2D eigenvalue weighted by molar-refractivity contribution is 0.0654. The van der Waals surface area contributed by atoms with Crippen LogP contribution in [-0.4, -0.2) is 22.4 Å². The van der Waals surface area contributed by atoms with Gasteiger partial charge in [0.2, 0.25) is 5.95 Å². The molecule has 0 saturated heterocycles. The van der Waals surface area contributed by atoms with E-state index in [1.165, 1.54) is 6.20 Å². The summed E-state index contributed by atoms with van der Waals surface area (Å²) in [7, 11) is 0. The molecule has 0 fully saturated rings. The number of hydrogen-bond acceptors (Lipinski definition) is 5. The van der Waals surface area contributed by atoms with Crippen molar-refractivity contribution in [1.82, 2.24) is 9.97 Å². The fourth-order valence-electron chi connectivity index (χ4n) is 1.09. The van der Waals surface area contributed by atoms with Gasteiger partial charge in [0.15, 0.2) is 5.78 Å². The van der Waals surface area contributed by atoms with Crippen molar-refractivity contribution in [2.45, 2.75) is 6.61 Å². The Labute approximate surface area is 68.6 Å². The second-order valence-electron chi connectivity index (χ2n) is 2.50.